The van der Waals surface area contributed by atoms with Gasteiger partial charge in [0.1, 0.15) is 0 Å². The minimum absolute atomic E-state index is 0. The first kappa shape index (κ1) is 22.6. The molecule has 40 valence electrons. The van der Waals surface area contributed by atoms with E-state index in [2.05, 4.69) is 0 Å². The van der Waals surface area contributed by atoms with Crippen LogP contribution < -0.4 is 42.0 Å². The molecule has 0 amide bonds. The molecule has 0 spiro atoms. The number of hydrogen-bond acceptors (Lipinski definition) is 4. The summed E-state index contributed by atoms with van der Waals surface area (Å²) < 4.78 is 34.1. The molecule has 0 saturated heterocycles. The third kappa shape index (κ3) is 113. The van der Waals surface area contributed by atoms with Crippen LogP contribution in [0.25, 0.3) is 0 Å². The summed E-state index contributed by atoms with van der Waals surface area (Å²) in [6, 6.07) is 0. The van der Waals surface area contributed by atoms with Crippen molar-refractivity contribution in [3.8, 4) is 0 Å². The smallest absolute Gasteiger partial charge is 1.00 e. The number of rotatable bonds is 0. The maximum Gasteiger partial charge on any atom is 2.00 e. The van der Waals surface area contributed by atoms with Crippen molar-refractivity contribution in [1.29, 1.82) is 0 Å². The Morgan fingerprint density at radius 1 is 1.12 bits per heavy atom. The largest absolute Gasteiger partial charge is 2.00 e. The monoisotopic (exact) mass is 218 g/mol. The molecule has 8 heteroatoms. The maximum atomic E-state index is 8.52. The summed E-state index contributed by atoms with van der Waals surface area (Å²) in [6.45, 7) is 0. The van der Waals surface area contributed by atoms with Crippen molar-refractivity contribution in [3.63, 3.8) is 0 Å². The molecule has 0 aromatic carbocycles. The fraction of sp³-hybridized carbons (Fsp3) is 0. The quantitative estimate of drug-likeness (QED) is 0.231. The van der Waals surface area contributed by atoms with E-state index < -0.39 is 10.4 Å². The normalized spacial score (nSPS) is 7.25. The van der Waals surface area contributed by atoms with Gasteiger partial charge in [-0.15, -0.1) is 0 Å². The topological polar surface area (TPSA) is 80.3 Å². The first-order valence-electron chi connectivity index (χ1n) is 0.667. The van der Waals surface area contributed by atoms with Crippen LogP contribution in [0.2, 0.25) is 0 Å². The summed E-state index contributed by atoms with van der Waals surface area (Å²) >= 11 is 0. The van der Waals surface area contributed by atoms with Crippen LogP contribution in [0.15, 0.2) is 0 Å². The summed E-state index contributed by atoms with van der Waals surface area (Å²) in [4.78, 5) is 0. The van der Waals surface area contributed by atoms with Crippen LogP contribution in [0.5, 0.6) is 0 Å². The molecule has 0 aliphatic rings. The zero-order valence-electron chi connectivity index (χ0n) is 4.13. The molecule has 0 saturated carbocycles. The average molecular weight is 220 g/mol. The van der Waals surface area contributed by atoms with Crippen molar-refractivity contribution >= 4 is 10.4 Å². The van der Waals surface area contributed by atoms with Gasteiger partial charge in [0.05, 0.1) is 0 Å². The molecular weight excluding hydrogens is 220 g/mol. The first-order chi connectivity index (χ1) is 2.00. The average Bonchev–Trinajstić information content (AvgIpc) is 0.722. The zero-order chi connectivity index (χ0) is 4.50. The molecule has 0 aliphatic heterocycles. The molecule has 0 radical (unpaired) electrons. The van der Waals surface area contributed by atoms with Gasteiger partial charge in [-0.3, -0.25) is 8.42 Å². The predicted molar refractivity (Wildman–Crippen MR) is 10.5 cm³/mol. The van der Waals surface area contributed by atoms with Crippen LogP contribution in [0.4, 0.5) is 0 Å². The Balaban J connectivity index is -0.0000000267. The minimum atomic E-state index is -5.17. The molecular formula is ClNaO4SZn. The molecule has 0 heterocycles. The predicted octanol–water partition coefficient (Wildman–Crippen LogP) is -7.33. The summed E-state index contributed by atoms with van der Waals surface area (Å²) in [5.41, 5.74) is 0. The van der Waals surface area contributed by atoms with E-state index in [0.717, 1.165) is 0 Å². The van der Waals surface area contributed by atoms with Gasteiger partial charge in [0, 0.05) is 10.4 Å². The van der Waals surface area contributed by atoms with E-state index in [1.807, 2.05) is 0 Å². The van der Waals surface area contributed by atoms with Gasteiger partial charge in [0.25, 0.3) is 0 Å². The molecule has 0 aromatic rings. The van der Waals surface area contributed by atoms with Crippen LogP contribution in [0.1, 0.15) is 0 Å². The summed E-state index contributed by atoms with van der Waals surface area (Å²) in [6.07, 6.45) is 0. The Morgan fingerprint density at radius 3 is 1.12 bits per heavy atom. The second-order valence-corrected chi connectivity index (χ2v) is 1.22. The van der Waals surface area contributed by atoms with Crippen LogP contribution in [0.3, 0.4) is 0 Å². The summed E-state index contributed by atoms with van der Waals surface area (Å²) in [5, 5.41) is 0. The van der Waals surface area contributed by atoms with E-state index in [1.165, 1.54) is 0 Å². The van der Waals surface area contributed by atoms with E-state index in [1.54, 1.807) is 0 Å². The molecule has 0 bridgehead atoms. The van der Waals surface area contributed by atoms with Gasteiger partial charge in [-0.1, -0.05) is 0 Å². The molecule has 4 nitrogen and oxygen atoms in total. The van der Waals surface area contributed by atoms with Gasteiger partial charge in [0.2, 0.25) is 0 Å². The van der Waals surface area contributed by atoms with Gasteiger partial charge in [-0.2, -0.15) is 0 Å². The summed E-state index contributed by atoms with van der Waals surface area (Å²) in [5.74, 6) is 0. The van der Waals surface area contributed by atoms with E-state index in [9.17, 15) is 0 Å². The van der Waals surface area contributed by atoms with Gasteiger partial charge >= 0.3 is 49.0 Å². The number of halogens is 1. The van der Waals surface area contributed by atoms with Crippen molar-refractivity contribution in [1.82, 2.24) is 0 Å². The Hall–Kier alpha value is 1.78. The molecule has 0 rings (SSSR count). The molecule has 0 unspecified atom stereocenters. The Morgan fingerprint density at radius 2 is 1.12 bits per heavy atom. The van der Waals surface area contributed by atoms with E-state index in [-0.39, 0.29) is 61.4 Å². The van der Waals surface area contributed by atoms with Crippen molar-refractivity contribution in [2.24, 2.45) is 0 Å². The Bertz CT molecular complexity index is 99.2. The molecule has 0 aliphatic carbocycles. The van der Waals surface area contributed by atoms with Crippen LogP contribution in [-0.2, 0) is 29.9 Å². The standard InChI is InChI=1S/ClH.Na.H2O4S.Zn/c;;1-5(2,3)4;/h1H;;(H2,1,2,3,4);/q;+1;;+2/p-3. The van der Waals surface area contributed by atoms with E-state index in [4.69, 9.17) is 17.5 Å². The summed E-state index contributed by atoms with van der Waals surface area (Å²) in [7, 11) is -5.17. The van der Waals surface area contributed by atoms with Crippen molar-refractivity contribution < 1.29 is 79.0 Å². The van der Waals surface area contributed by atoms with E-state index >= 15 is 0 Å². The van der Waals surface area contributed by atoms with Gasteiger partial charge in [-0.05, 0) is 0 Å². The van der Waals surface area contributed by atoms with Crippen molar-refractivity contribution in [2.75, 3.05) is 0 Å². The third-order valence-electron chi connectivity index (χ3n) is 0. The fourth-order valence-corrected chi connectivity index (χ4v) is 0. The van der Waals surface area contributed by atoms with Crippen LogP contribution in [-0.4, -0.2) is 17.5 Å². The van der Waals surface area contributed by atoms with Gasteiger partial charge in [-0.25, -0.2) is 0 Å². The van der Waals surface area contributed by atoms with Gasteiger partial charge < -0.3 is 21.5 Å². The SMILES string of the molecule is O=S(=O)([O-])[O-].[Cl-].[Na+].[Zn+2]. The molecule has 0 aromatic heterocycles. The third-order valence-corrected chi connectivity index (χ3v) is 0. The minimum Gasteiger partial charge on any atom is -1.00 e. The van der Waals surface area contributed by atoms with E-state index in [0.29, 0.717) is 0 Å². The zero-order valence-corrected chi connectivity index (χ0v) is 10.7. The molecule has 0 fully saturated rings. The second-order valence-electron chi connectivity index (χ2n) is 0.408. The van der Waals surface area contributed by atoms with Crippen LogP contribution >= 0.6 is 0 Å². The molecule has 8 heavy (non-hydrogen) atoms. The molecule has 0 N–H and O–H groups in total. The van der Waals surface area contributed by atoms with Crippen molar-refractivity contribution in [3.05, 3.63) is 0 Å². The molecule has 0 atom stereocenters. The first-order valence-corrected chi connectivity index (χ1v) is 2.00. The Kier molecular flexibility index (Phi) is 24.8. The van der Waals surface area contributed by atoms with Gasteiger partial charge in [0.15, 0.2) is 0 Å². The maximum absolute atomic E-state index is 8.52. The van der Waals surface area contributed by atoms with Crippen molar-refractivity contribution in [2.45, 2.75) is 0 Å². The second kappa shape index (κ2) is 8.78. The number of hydrogen-bond donors (Lipinski definition) is 0. The fourth-order valence-electron chi connectivity index (χ4n) is 0. The Labute approximate surface area is 88.5 Å². The van der Waals surface area contributed by atoms with Crippen LogP contribution in [0, 0.1) is 0 Å².